The largest absolute Gasteiger partial charge is 0.467 e. The molecule has 0 radical (unpaired) electrons. The van der Waals surface area contributed by atoms with Gasteiger partial charge in [-0.1, -0.05) is 24.3 Å². The van der Waals surface area contributed by atoms with Gasteiger partial charge in [0.2, 0.25) is 0 Å². The summed E-state index contributed by atoms with van der Waals surface area (Å²) in [6.45, 7) is -1.20. The standard InChI is InChI=1S/C26H26F5N3O3/c27-24(28)37-23-9-2-1-5-18(23)16-33-12-10-21(11-13-33)34(17-22-8-4-14-36-22)25(35)32-20-7-3-6-19(15-20)26(29,30)31/h1-9,14-15,21,24H,10-13,16-17H2,(H,32,35). The first kappa shape index (κ1) is 26.5. The molecule has 0 aliphatic carbocycles. The second kappa shape index (κ2) is 11.6. The molecule has 1 aromatic heterocycles. The minimum atomic E-state index is -4.53. The molecule has 3 aromatic rings. The van der Waals surface area contributed by atoms with Gasteiger partial charge in [-0.15, -0.1) is 0 Å². The Morgan fingerprint density at radius 2 is 1.84 bits per heavy atom. The van der Waals surface area contributed by atoms with E-state index in [4.69, 9.17) is 4.42 Å². The van der Waals surface area contributed by atoms with Crippen LogP contribution in [0, 0.1) is 0 Å². The molecule has 37 heavy (non-hydrogen) atoms. The Kier molecular flexibility index (Phi) is 8.32. The molecule has 11 heteroatoms. The number of nitrogens with zero attached hydrogens (tertiary/aromatic N) is 2. The van der Waals surface area contributed by atoms with Gasteiger partial charge in [0, 0.05) is 36.9 Å². The predicted molar refractivity (Wildman–Crippen MR) is 126 cm³/mol. The molecular weight excluding hydrogens is 497 g/mol. The van der Waals surface area contributed by atoms with E-state index in [1.165, 1.54) is 24.5 Å². The second-order valence-electron chi connectivity index (χ2n) is 8.71. The van der Waals surface area contributed by atoms with Gasteiger partial charge in [0.15, 0.2) is 0 Å². The molecule has 4 rings (SSSR count). The van der Waals surface area contributed by atoms with E-state index in [0.717, 1.165) is 12.1 Å². The van der Waals surface area contributed by atoms with Gasteiger partial charge in [-0.25, -0.2) is 4.79 Å². The van der Waals surface area contributed by atoms with E-state index in [1.807, 2.05) is 0 Å². The smallest absolute Gasteiger partial charge is 0.416 e. The summed E-state index contributed by atoms with van der Waals surface area (Å²) in [5.74, 6) is 0.666. The molecule has 0 bridgehead atoms. The van der Waals surface area contributed by atoms with Crippen molar-refractivity contribution in [2.24, 2.45) is 0 Å². The molecule has 0 spiro atoms. The van der Waals surface area contributed by atoms with Crippen LogP contribution < -0.4 is 10.1 Å². The van der Waals surface area contributed by atoms with Crippen LogP contribution in [0.15, 0.2) is 71.3 Å². The molecular formula is C26H26F5N3O3. The number of hydrogen-bond acceptors (Lipinski definition) is 4. The third kappa shape index (κ3) is 7.22. The quantitative estimate of drug-likeness (QED) is 0.338. The van der Waals surface area contributed by atoms with Crippen molar-refractivity contribution in [3.63, 3.8) is 0 Å². The minimum Gasteiger partial charge on any atom is -0.467 e. The molecule has 1 N–H and O–H groups in total. The fourth-order valence-electron chi connectivity index (χ4n) is 4.38. The van der Waals surface area contributed by atoms with Crippen LogP contribution in [0.5, 0.6) is 5.75 Å². The average molecular weight is 524 g/mol. The highest BCUT2D eigenvalue weighted by Crippen LogP contribution is 2.31. The number of benzene rings is 2. The van der Waals surface area contributed by atoms with E-state index in [0.29, 0.717) is 43.8 Å². The topological polar surface area (TPSA) is 58.0 Å². The summed E-state index contributed by atoms with van der Waals surface area (Å²) in [5.41, 5.74) is -0.180. The lowest BCUT2D eigenvalue weighted by molar-refractivity contribution is -0.137. The summed E-state index contributed by atoms with van der Waals surface area (Å²) in [4.78, 5) is 16.9. The Hall–Kier alpha value is -3.60. The van der Waals surface area contributed by atoms with Crippen LogP contribution in [0.2, 0.25) is 0 Å². The third-order valence-electron chi connectivity index (χ3n) is 6.19. The van der Waals surface area contributed by atoms with E-state index in [-0.39, 0.29) is 24.0 Å². The molecule has 1 aliphatic rings. The van der Waals surface area contributed by atoms with E-state index in [2.05, 4.69) is 15.0 Å². The van der Waals surface area contributed by atoms with Crippen molar-refractivity contribution in [3.05, 3.63) is 83.8 Å². The number of ether oxygens (including phenoxy) is 1. The number of nitrogens with one attached hydrogen (secondary N) is 1. The highest BCUT2D eigenvalue weighted by atomic mass is 19.4. The predicted octanol–water partition coefficient (Wildman–Crippen LogP) is 6.60. The van der Waals surface area contributed by atoms with Gasteiger partial charge in [-0.3, -0.25) is 4.90 Å². The number of likely N-dealkylation sites (tertiary alicyclic amines) is 1. The zero-order valence-corrected chi connectivity index (χ0v) is 19.8. The number of hydrogen-bond donors (Lipinski definition) is 1. The van der Waals surface area contributed by atoms with Crippen molar-refractivity contribution < 1.29 is 35.9 Å². The number of para-hydroxylation sites is 1. The highest BCUT2D eigenvalue weighted by Gasteiger charge is 2.32. The van der Waals surface area contributed by atoms with Gasteiger partial charge in [-0.05, 0) is 49.2 Å². The molecule has 1 aliphatic heterocycles. The zero-order valence-electron chi connectivity index (χ0n) is 19.8. The fourth-order valence-corrected chi connectivity index (χ4v) is 4.38. The maximum atomic E-state index is 13.2. The number of amides is 2. The number of urea groups is 1. The van der Waals surface area contributed by atoms with Crippen molar-refractivity contribution in [2.45, 2.75) is 44.8 Å². The molecule has 198 valence electrons. The highest BCUT2D eigenvalue weighted by molar-refractivity contribution is 5.89. The summed E-state index contributed by atoms with van der Waals surface area (Å²) in [6.07, 6.45) is -1.89. The van der Waals surface area contributed by atoms with Crippen LogP contribution in [-0.4, -0.2) is 41.6 Å². The Bertz CT molecular complexity index is 1160. The van der Waals surface area contributed by atoms with Gasteiger partial charge in [-0.2, -0.15) is 22.0 Å². The first-order valence-electron chi connectivity index (χ1n) is 11.7. The van der Waals surface area contributed by atoms with Crippen LogP contribution >= 0.6 is 0 Å². The first-order chi connectivity index (χ1) is 17.7. The number of carbonyl (C=O) groups is 1. The maximum absolute atomic E-state index is 13.2. The monoisotopic (exact) mass is 523 g/mol. The Balaban J connectivity index is 1.43. The van der Waals surface area contributed by atoms with Crippen molar-refractivity contribution in [1.82, 2.24) is 9.80 Å². The maximum Gasteiger partial charge on any atom is 0.416 e. The molecule has 0 atom stereocenters. The first-order valence-corrected chi connectivity index (χ1v) is 11.7. The summed E-state index contributed by atoms with van der Waals surface area (Å²) in [5, 5.41) is 2.59. The summed E-state index contributed by atoms with van der Waals surface area (Å²) < 4.78 is 74.8. The zero-order chi connectivity index (χ0) is 26.4. The molecule has 0 unspecified atom stereocenters. The molecule has 2 aromatic carbocycles. The number of rotatable bonds is 8. The van der Waals surface area contributed by atoms with Crippen molar-refractivity contribution in [1.29, 1.82) is 0 Å². The SMILES string of the molecule is O=C(Nc1cccc(C(F)(F)F)c1)N(Cc1ccco1)C1CCN(Cc2ccccc2OC(F)F)CC1. The number of anilines is 1. The van der Waals surface area contributed by atoms with Crippen LogP contribution in [0.1, 0.15) is 29.7 Å². The lowest BCUT2D eigenvalue weighted by Crippen LogP contribution is -2.48. The molecule has 1 fully saturated rings. The van der Waals surface area contributed by atoms with E-state index >= 15 is 0 Å². The number of furan rings is 1. The van der Waals surface area contributed by atoms with Crippen LogP contribution in [0.25, 0.3) is 0 Å². The number of alkyl halides is 5. The van der Waals surface area contributed by atoms with Crippen molar-refractivity contribution in [2.75, 3.05) is 18.4 Å². The van der Waals surface area contributed by atoms with Crippen LogP contribution in [0.4, 0.5) is 32.4 Å². The van der Waals surface area contributed by atoms with Crippen LogP contribution in [0.3, 0.4) is 0 Å². The fraction of sp³-hybridized carbons (Fsp3) is 0.346. The lowest BCUT2D eigenvalue weighted by atomic mass is 10.0. The normalized spacial score (nSPS) is 15.1. The molecule has 2 heterocycles. The number of halogens is 5. The number of carbonyl (C=O) groups excluding carboxylic acids is 1. The summed E-state index contributed by atoms with van der Waals surface area (Å²) in [6, 6.07) is 13.8. The Morgan fingerprint density at radius 1 is 1.08 bits per heavy atom. The van der Waals surface area contributed by atoms with Gasteiger partial charge in [0.25, 0.3) is 0 Å². The molecule has 2 amide bonds. The van der Waals surface area contributed by atoms with Gasteiger partial charge < -0.3 is 19.4 Å². The molecule has 6 nitrogen and oxygen atoms in total. The van der Waals surface area contributed by atoms with E-state index in [9.17, 15) is 26.7 Å². The molecule has 1 saturated heterocycles. The van der Waals surface area contributed by atoms with E-state index < -0.39 is 24.4 Å². The van der Waals surface area contributed by atoms with Crippen molar-refractivity contribution in [3.8, 4) is 5.75 Å². The van der Waals surface area contributed by atoms with Crippen LogP contribution in [-0.2, 0) is 19.3 Å². The molecule has 0 saturated carbocycles. The van der Waals surface area contributed by atoms with Gasteiger partial charge in [0.1, 0.15) is 11.5 Å². The minimum absolute atomic E-state index is 0.0392. The summed E-state index contributed by atoms with van der Waals surface area (Å²) in [7, 11) is 0. The Morgan fingerprint density at radius 3 is 2.51 bits per heavy atom. The second-order valence-corrected chi connectivity index (χ2v) is 8.71. The van der Waals surface area contributed by atoms with E-state index in [1.54, 1.807) is 35.2 Å². The lowest BCUT2D eigenvalue weighted by Gasteiger charge is -2.38. The average Bonchev–Trinajstić information content (AvgIpc) is 3.37. The Labute approximate surface area is 210 Å². The third-order valence-corrected chi connectivity index (χ3v) is 6.19. The van der Waals surface area contributed by atoms with Crippen molar-refractivity contribution >= 4 is 11.7 Å². The summed E-state index contributed by atoms with van der Waals surface area (Å²) >= 11 is 0. The number of piperidine rings is 1. The van der Waals surface area contributed by atoms with Gasteiger partial charge >= 0.3 is 18.8 Å². The van der Waals surface area contributed by atoms with Gasteiger partial charge in [0.05, 0.1) is 18.4 Å².